The number of hydrogen-bond acceptors (Lipinski definition) is 7. The van der Waals surface area contributed by atoms with Gasteiger partial charge in [0.15, 0.2) is 5.82 Å². The Morgan fingerprint density at radius 2 is 2.12 bits per heavy atom. The number of rotatable bonds is 3. The molecular weight excluding hydrogens is 332 g/mol. The van der Waals surface area contributed by atoms with Crippen molar-refractivity contribution in [2.75, 3.05) is 26.7 Å². The fraction of sp³-hybridized carbons (Fsp3) is 0.500. The van der Waals surface area contributed by atoms with Gasteiger partial charge < -0.3 is 9.42 Å². The molecule has 1 aliphatic heterocycles. The van der Waals surface area contributed by atoms with E-state index in [4.69, 9.17) is 9.78 Å². The number of carbonyl (C=O) groups excluding carboxylic acids is 1. The third-order valence-corrected chi connectivity index (χ3v) is 5.05. The van der Waals surface area contributed by atoms with Crippen LogP contribution in [0.15, 0.2) is 16.7 Å². The smallest absolute Gasteiger partial charge is 0.272 e. The molecule has 8 heteroatoms. The molecule has 8 nitrogen and oxygen atoms in total. The highest BCUT2D eigenvalue weighted by Crippen LogP contribution is 2.38. The quantitative estimate of drug-likeness (QED) is 0.828. The molecule has 0 radical (unpaired) electrons. The summed E-state index contributed by atoms with van der Waals surface area (Å²) >= 11 is 0. The topological polar surface area (TPSA) is 99.2 Å². The monoisotopic (exact) mass is 352 g/mol. The van der Waals surface area contributed by atoms with Gasteiger partial charge >= 0.3 is 0 Å². The average Bonchev–Trinajstić information content (AvgIpc) is 3.39. The summed E-state index contributed by atoms with van der Waals surface area (Å²) in [5.41, 5.74) is 1.40. The highest BCUT2D eigenvalue weighted by molar-refractivity contribution is 5.92. The van der Waals surface area contributed by atoms with E-state index in [-0.39, 0.29) is 11.9 Å². The van der Waals surface area contributed by atoms with Gasteiger partial charge in [-0.05, 0) is 38.9 Å². The lowest BCUT2D eigenvalue weighted by molar-refractivity contribution is 0.0483. The first-order valence-electron chi connectivity index (χ1n) is 8.77. The summed E-state index contributed by atoms with van der Waals surface area (Å²) in [6.45, 7) is 3.53. The molecule has 2 aromatic rings. The van der Waals surface area contributed by atoms with E-state index in [0.717, 1.165) is 18.7 Å². The summed E-state index contributed by atoms with van der Waals surface area (Å²) in [6, 6.07) is 5.20. The molecule has 1 aliphatic carbocycles. The molecule has 0 spiro atoms. The lowest BCUT2D eigenvalue weighted by Crippen LogP contribution is -2.49. The molecule has 0 N–H and O–H groups in total. The van der Waals surface area contributed by atoms with E-state index in [2.05, 4.69) is 26.1 Å². The second kappa shape index (κ2) is 6.50. The van der Waals surface area contributed by atoms with Crippen LogP contribution >= 0.6 is 0 Å². The van der Waals surface area contributed by atoms with E-state index in [1.54, 1.807) is 24.0 Å². The first kappa shape index (κ1) is 16.7. The third-order valence-electron chi connectivity index (χ3n) is 5.05. The molecule has 3 heterocycles. The van der Waals surface area contributed by atoms with Gasteiger partial charge in [-0.25, -0.2) is 4.98 Å². The van der Waals surface area contributed by atoms with Crippen LogP contribution in [0.4, 0.5) is 0 Å². The van der Waals surface area contributed by atoms with Crippen LogP contribution in [0.1, 0.15) is 58.3 Å². The highest BCUT2D eigenvalue weighted by Gasteiger charge is 2.35. The Morgan fingerprint density at radius 1 is 1.31 bits per heavy atom. The van der Waals surface area contributed by atoms with Gasteiger partial charge in [0.05, 0.1) is 11.3 Å². The van der Waals surface area contributed by atoms with Crippen molar-refractivity contribution in [3.05, 3.63) is 40.8 Å². The number of aryl methyl sites for hydroxylation is 1. The Kier molecular flexibility index (Phi) is 4.17. The number of pyridine rings is 1. The molecule has 1 amide bonds. The van der Waals surface area contributed by atoms with Gasteiger partial charge in [-0.1, -0.05) is 5.16 Å². The van der Waals surface area contributed by atoms with Gasteiger partial charge in [-0.3, -0.25) is 9.69 Å². The zero-order valence-electron chi connectivity index (χ0n) is 14.8. The number of nitrogens with zero attached hydrogens (tertiary/aromatic N) is 6. The number of hydrogen-bond donors (Lipinski definition) is 0. The molecule has 0 bridgehead atoms. The van der Waals surface area contributed by atoms with Crippen LogP contribution in [0, 0.1) is 18.3 Å². The molecule has 1 saturated heterocycles. The Balaban J connectivity index is 1.52. The molecular formula is C18H20N6O2. The minimum Gasteiger partial charge on any atom is -0.338 e. The second-order valence-corrected chi connectivity index (χ2v) is 6.95. The maximum atomic E-state index is 12.9. The number of nitriles is 1. The van der Waals surface area contributed by atoms with E-state index in [9.17, 15) is 4.79 Å². The van der Waals surface area contributed by atoms with Crippen molar-refractivity contribution >= 4 is 5.91 Å². The van der Waals surface area contributed by atoms with E-state index < -0.39 is 0 Å². The first-order valence-corrected chi connectivity index (χ1v) is 8.77. The fourth-order valence-electron chi connectivity index (χ4n) is 3.18. The molecule has 1 unspecified atom stereocenters. The van der Waals surface area contributed by atoms with Crippen molar-refractivity contribution in [1.29, 1.82) is 5.26 Å². The van der Waals surface area contributed by atoms with Crippen molar-refractivity contribution in [3.8, 4) is 6.07 Å². The first-order chi connectivity index (χ1) is 12.6. The maximum Gasteiger partial charge on any atom is 0.272 e. The largest absolute Gasteiger partial charge is 0.338 e. The summed E-state index contributed by atoms with van der Waals surface area (Å²) in [4.78, 5) is 25.6. The van der Waals surface area contributed by atoms with E-state index >= 15 is 0 Å². The van der Waals surface area contributed by atoms with Crippen molar-refractivity contribution in [1.82, 2.24) is 24.9 Å². The van der Waals surface area contributed by atoms with Crippen LogP contribution in [-0.2, 0) is 0 Å². The fourth-order valence-corrected chi connectivity index (χ4v) is 3.18. The number of aromatic nitrogens is 3. The average molecular weight is 352 g/mol. The number of carbonyl (C=O) groups is 1. The van der Waals surface area contributed by atoms with Crippen molar-refractivity contribution in [2.45, 2.75) is 31.7 Å². The van der Waals surface area contributed by atoms with Gasteiger partial charge in [0.25, 0.3) is 5.91 Å². The molecule has 4 rings (SSSR count). The van der Waals surface area contributed by atoms with Gasteiger partial charge in [0.2, 0.25) is 5.89 Å². The summed E-state index contributed by atoms with van der Waals surface area (Å²) < 4.78 is 5.47. The standard InChI is InChI=1S/C18H20N6O2/c1-11-13(9-19)5-6-14(20-11)18(25)24-8-7-23(2)15(10-24)17-21-16(22-26-17)12-3-4-12/h5-6,12,15H,3-4,7-8,10H2,1-2H3. The van der Waals surface area contributed by atoms with Crippen LogP contribution in [0.2, 0.25) is 0 Å². The van der Waals surface area contributed by atoms with Gasteiger partial charge in [-0.2, -0.15) is 10.2 Å². The minimum atomic E-state index is -0.141. The molecule has 2 aromatic heterocycles. The van der Waals surface area contributed by atoms with Crippen LogP contribution in [-0.4, -0.2) is 57.5 Å². The summed E-state index contributed by atoms with van der Waals surface area (Å²) in [5, 5.41) is 13.1. The second-order valence-electron chi connectivity index (χ2n) is 6.95. The number of amides is 1. The van der Waals surface area contributed by atoms with Gasteiger partial charge in [0, 0.05) is 25.6 Å². The van der Waals surface area contributed by atoms with Gasteiger partial charge in [-0.15, -0.1) is 0 Å². The SMILES string of the molecule is Cc1nc(C(=O)N2CCN(C)C(c3nc(C4CC4)no3)C2)ccc1C#N. The maximum absolute atomic E-state index is 12.9. The van der Waals surface area contributed by atoms with E-state index in [1.165, 1.54) is 0 Å². The van der Waals surface area contributed by atoms with Crippen LogP contribution in [0.5, 0.6) is 0 Å². The van der Waals surface area contributed by atoms with E-state index in [0.29, 0.717) is 48.4 Å². The molecule has 134 valence electrons. The third kappa shape index (κ3) is 3.06. The summed E-state index contributed by atoms with van der Waals surface area (Å²) in [5.74, 6) is 1.64. The Morgan fingerprint density at radius 3 is 2.81 bits per heavy atom. The van der Waals surface area contributed by atoms with E-state index in [1.807, 2.05) is 7.05 Å². The lowest BCUT2D eigenvalue weighted by Gasteiger charge is -2.37. The summed E-state index contributed by atoms with van der Waals surface area (Å²) in [7, 11) is 2.00. The molecule has 0 aromatic carbocycles. The Bertz CT molecular complexity index is 882. The van der Waals surface area contributed by atoms with Gasteiger partial charge in [0.1, 0.15) is 17.8 Å². The normalized spacial score (nSPS) is 20.8. The van der Waals surface area contributed by atoms with Crippen molar-refractivity contribution < 1.29 is 9.32 Å². The van der Waals surface area contributed by atoms with Crippen molar-refractivity contribution in [2.24, 2.45) is 0 Å². The molecule has 1 atom stereocenters. The predicted molar refractivity (Wildman–Crippen MR) is 91.2 cm³/mol. The highest BCUT2D eigenvalue weighted by atomic mass is 16.5. The Labute approximate surface area is 151 Å². The molecule has 2 fully saturated rings. The van der Waals surface area contributed by atoms with Crippen LogP contribution < -0.4 is 0 Å². The molecule has 1 saturated carbocycles. The zero-order chi connectivity index (χ0) is 18.3. The molecule has 26 heavy (non-hydrogen) atoms. The molecule has 2 aliphatic rings. The van der Waals surface area contributed by atoms with Crippen LogP contribution in [0.3, 0.4) is 0 Å². The van der Waals surface area contributed by atoms with Crippen molar-refractivity contribution in [3.63, 3.8) is 0 Å². The predicted octanol–water partition coefficient (Wildman–Crippen LogP) is 1.65. The zero-order valence-corrected chi connectivity index (χ0v) is 14.8. The minimum absolute atomic E-state index is 0.118. The number of piperazine rings is 1. The summed E-state index contributed by atoms with van der Waals surface area (Å²) in [6.07, 6.45) is 2.24. The van der Waals surface area contributed by atoms with Crippen LogP contribution in [0.25, 0.3) is 0 Å². The number of likely N-dealkylation sites (N-methyl/N-ethyl adjacent to an activating group) is 1. The Hall–Kier alpha value is -2.79. The lowest BCUT2D eigenvalue weighted by atomic mass is 10.1.